The molecular formula is C9H12N4. The average Bonchev–Trinajstić information content (AvgIpc) is 2.57. The van der Waals surface area contributed by atoms with Crippen LogP contribution in [0.3, 0.4) is 0 Å². The Labute approximate surface area is 76.4 Å². The molecule has 2 N–H and O–H groups in total. The molecule has 0 spiro atoms. The predicted molar refractivity (Wildman–Crippen MR) is 50.4 cm³/mol. The van der Waals surface area contributed by atoms with Crippen LogP contribution in [0.25, 0.3) is 5.65 Å². The molecule has 0 aliphatic carbocycles. The Kier molecular flexibility index (Phi) is 2.23. The molecule has 4 heteroatoms. The van der Waals surface area contributed by atoms with Crippen LogP contribution in [-0.2, 0) is 6.42 Å². The fourth-order valence-electron chi connectivity index (χ4n) is 1.28. The van der Waals surface area contributed by atoms with E-state index in [0.29, 0.717) is 6.54 Å². The van der Waals surface area contributed by atoms with Crippen molar-refractivity contribution in [1.29, 1.82) is 0 Å². The second kappa shape index (κ2) is 3.53. The zero-order valence-electron chi connectivity index (χ0n) is 7.35. The van der Waals surface area contributed by atoms with Crippen molar-refractivity contribution >= 4 is 5.65 Å². The first-order valence-electron chi connectivity index (χ1n) is 4.39. The Bertz CT molecular complexity index is 360. The van der Waals surface area contributed by atoms with Crippen molar-refractivity contribution in [3.63, 3.8) is 0 Å². The number of aryl methyl sites for hydroxylation is 1. The maximum atomic E-state index is 5.42. The number of hydrogen-bond acceptors (Lipinski definition) is 3. The van der Waals surface area contributed by atoms with E-state index < -0.39 is 0 Å². The normalized spacial score (nSPS) is 10.8. The van der Waals surface area contributed by atoms with Gasteiger partial charge in [0.25, 0.3) is 0 Å². The van der Waals surface area contributed by atoms with Gasteiger partial charge in [-0.2, -0.15) is 5.10 Å². The topological polar surface area (TPSA) is 56.2 Å². The van der Waals surface area contributed by atoms with E-state index in [0.717, 1.165) is 24.2 Å². The highest BCUT2D eigenvalue weighted by atomic mass is 15.2. The third-order valence-corrected chi connectivity index (χ3v) is 1.92. The van der Waals surface area contributed by atoms with Gasteiger partial charge in [0, 0.05) is 6.20 Å². The average molecular weight is 176 g/mol. The van der Waals surface area contributed by atoms with Gasteiger partial charge in [-0.3, -0.25) is 0 Å². The monoisotopic (exact) mass is 176 g/mol. The van der Waals surface area contributed by atoms with Gasteiger partial charge in [-0.1, -0.05) is 0 Å². The van der Waals surface area contributed by atoms with Crippen molar-refractivity contribution in [2.75, 3.05) is 6.54 Å². The van der Waals surface area contributed by atoms with Crippen molar-refractivity contribution in [2.45, 2.75) is 12.8 Å². The molecule has 2 aromatic rings. The van der Waals surface area contributed by atoms with Crippen LogP contribution < -0.4 is 5.73 Å². The van der Waals surface area contributed by atoms with E-state index in [1.165, 1.54) is 0 Å². The summed E-state index contributed by atoms with van der Waals surface area (Å²) in [6, 6.07) is 3.83. The first kappa shape index (κ1) is 8.19. The summed E-state index contributed by atoms with van der Waals surface area (Å²) < 4.78 is 1.78. The molecule has 0 radical (unpaired) electrons. The smallest absolute Gasteiger partial charge is 0.153 e. The van der Waals surface area contributed by atoms with Crippen molar-refractivity contribution in [3.05, 3.63) is 30.2 Å². The number of fused-ring (bicyclic) bond motifs is 1. The molecule has 0 saturated carbocycles. The fourth-order valence-corrected chi connectivity index (χ4v) is 1.28. The van der Waals surface area contributed by atoms with Crippen molar-refractivity contribution in [3.8, 4) is 0 Å². The molecule has 0 unspecified atom stereocenters. The second-order valence-electron chi connectivity index (χ2n) is 2.95. The van der Waals surface area contributed by atoms with E-state index in [-0.39, 0.29) is 0 Å². The highest BCUT2D eigenvalue weighted by Gasteiger charge is 1.99. The van der Waals surface area contributed by atoms with Crippen LogP contribution in [0.4, 0.5) is 0 Å². The highest BCUT2D eigenvalue weighted by Crippen LogP contribution is 2.03. The first-order valence-corrected chi connectivity index (χ1v) is 4.39. The molecule has 0 atom stereocenters. The summed E-state index contributed by atoms with van der Waals surface area (Å²) in [5.41, 5.74) is 7.38. The number of imidazole rings is 1. The third-order valence-electron chi connectivity index (χ3n) is 1.92. The minimum absolute atomic E-state index is 0.710. The molecule has 0 bridgehead atoms. The van der Waals surface area contributed by atoms with E-state index in [2.05, 4.69) is 10.1 Å². The summed E-state index contributed by atoms with van der Waals surface area (Å²) in [7, 11) is 0. The van der Waals surface area contributed by atoms with E-state index >= 15 is 0 Å². The first-order chi connectivity index (χ1) is 6.40. The number of aromatic nitrogens is 3. The number of rotatable bonds is 3. The Balaban J connectivity index is 2.28. The Morgan fingerprint density at radius 3 is 3.15 bits per heavy atom. The van der Waals surface area contributed by atoms with Crippen LogP contribution in [-0.4, -0.2) is 21.1 Å². The van der Waals surface area contributed by atoms with Crippen LogP contribution in [0.2, 0.25) is 0 Å². The summed E-state index contributed by atoms with van der Waals surface area (Å²) in [5.74, 6) is 0. The van der Waals surface area contributed by atoms with Gasteiger partial charge < -0.3 is 5.73 Å². The molecule has 68 valence electrons. The number of nitrogens with two attached hydrogens (primary N) is 1. The summed E-state index contributed by atoms with van der Waals surface area (Å²) in [6.07, 6.45) is 5.61. The van der Waals surface area contributed by atoms with Crippen LogP contribution >= 0.6 is 0 Å². The molecule has 2 heterocycles. The van der Waals surface area contributed by atoms with Gasteiger partial charge in [0.05, 0.1) is 11.9 Å². The maximum absolute atomic E-state index is 5.42. The summed E-state index contributed by atoms with van der Waals surface area (Å²) in [4.78, 5) is 4.40. The largest absolute Gasteiger partial charge is 0.330 e. The molecule has 2 aromatic heterocycles. The van der Waals surface area contributed by atoms with Gasteiger partial charge in [0.1, 0.15) is 0 Å². The second-order valence-corrected chi connectivity index (χ2v) is 2.95. The lowest BCUT2D eigenvalue weighted by Gasteiger charge is -1.89. The molecule has 13 heavy (non-hydrogen) atoms. The van der Waals surface area contributed by atoms with Gasteiger partial charge in [-0.25, -0.2) is 9.50 Å². The summed E-state index contributed by atoms with van der Waals surface area (Å²) in [6.45, 7) is 0.710. The van der Waals surface area contributed by atoms with Gasteiger partial charge in [-0.15, -0.1) is 0 Å². The number of nitrogens with zero attached hydrogens (tertiary/aromatic N) is 3. The van der Waals surface area contributed by atoms with Crippen LogP contribution in [0, 0.1) is 0 Å². The summed E-state index contributed by atoms with van der Waals surface area (Å²) >= 11 is 0. The van der Waals surface area contributed by atoms with Crippen LogP contribution in [0.1, 0.15) is 12.1 Å². The summed E-state index contributed by atoms with van der Waals surface area (Å²) in [5, 5.41) is 4.13. The minimum atomic E-state index is 0.710. The zero-order chi connectivity index (χ0) is 9.10. The van der Waals surface area contributed by atoms with Crippen molar-refractivity contribution in [2.24, 2.45) is 5.73 Å². The highest BCUT2D eigenvalue weighted by molar-refractivity contribution is 5.37. The van der Waals surface area contributed by atoms with Crippen LogP contribution in [0.15, 0.2) is 24.5 Å². The molecule has 4 nitrogen and oxygen atoms in total. The van der Waals surface area contributed by atoms with Gasteiger partial charge >= 0.3 is 0 Å². The van der Waals surface area contributed by atoms with E-state index in [9.17, 15) is 0 Å². The Morgan fingerprint density at radius 1 is 1.46 bits per heavy atom. The minimum Gasteiger partial charge on any atom is -0.330 e. The number of hydrogen-bond donors (Lipinski definition) is 1. The molecule has 0 aliphatic heterocycles. The quantitative estimate of drug-likeness (QED) is 0.745. The predicted octanol–water partition coefficient (Wildman–Crippen LogP) is 0.621. The SMILES string of the molecule is NCCCc1cn2ncccc2n1. The van der Waals surface area contributed by atoms with Crippen molar-refractivity contribution in [1.82, 2.24) is 14.6 Å². The molecular weight excluding hydrogens is 164 g/mol. The lowest BCUT2D eigenvalue weighted by Crippen LogP contribution is -2.00. The Morgan fingerprint density at radius 2 is 2.38 bits per heavy atom. The molecule has 0 aliphatic rings. The van der Waals surface area contributed by atoms with Crippen molar-refractivity contribution < 1.29 is 0 Å². The molecule has 0 saturated heterocycles. The lowest BCUT2D eigenvalue weighted by molar-refractivity contribution is 0.814. The zero-order valence-corrected chi connectivity index (χ0v) is 7.35. The lowest BCUT2D eigenvalue weighted by atomic mass is 10.2. The third kappa shape index (κ3) is 1.67. The van der Waals surface area contributed by atoms with E-state index in [4.69, 9.17) is 5.73 Å². The maximum Gasteiger partial charge on any atom is 0.153 e. The van der Waals surface area contributed by atoms with Gasteiger partial charge in [-0.05, 0) is 31.5 Å². The molecule has 0 aromatic carbocycles. The van der Waals surface area contributed by atoms with Crippen LogP contribution in [0.5, 0.6) is 0 Å². The molecule has 2 rings (SSSR count). The fraction of sp³-hybridized carbons (Fsp3) is 0.333. The molecule has 0 fully saturated rings. The Hall–Kier alpha value is -1.42. The van der Waals surface area contributed by atoms with Gasteiger partial charge in [0.2, 0.25) is 0 Å². The van der Waals surface area contributed by atoms with E-state index in [1.807, 2.05) is 18.3 Å². The van der Waals surface area contributed by atoms with Gasteiger partial charge in [0.15, 0.2) is 5.65 Å². The molecule has 0 amide bonds. The van der Waals surface area contributed by atoms with E-state index in [1.54, 1.807) is 10.7 Å². The standard InChI is InChI=1S/C9H12N4/c10-5-1-3-8-7-13-9(12-8)4-2-6-11-13/h2,4,6-7H,1,3,5,10H2.